The molecule has 0 aromatic carbocycles. The van der Waals surface area contributed by atoms with Crippen molar-refractivity contribution in [2.45, 2.75) is 70.6 Å². The fourth-order valence-electron chi connectivity index (χ4n) is 2.72. The lowest BCUT2D eigenvalue weighted by molar-refractivity contribution is -0.0746. The topological polar surface area (TPSA) is 53.1 Å². The Bertz CT molecular complexity index is 382. The number of ether oxygens (including phenoxy) is 1. The van der Waals surface area contributed by atoms with Crippen LogP contribution in [0.2, 0.25) is 0 Å². The van der Waals surface area contributed by atoms with Gasteiger partial charge in [0.05, 0.1) is 17.9 Å². The summed E-state index contributed by atoms with van der Waals surface area (Å²) >= 11 is 0. The van der Waals surface area contributed by atoms with Gasteiger partial charge in [0.25, 0.3) is 0 Å². The lowest BCUT2D eigenvalue weighted by atomic mass is 9.85. The van der Waals surface area contributed by atoms with Gasteiger partial charge in [0.1, 0.15) is 0 Å². The second-order valence-corrected chi connectivity index (χ2v) is 5.78. The Morgan fingerprint density at radius 1 is 1.42 bits per heavy atom. The largest absolute Gasteiger partial charge is 0.367 e. The van der Waals surface area contributed by atoms with Gasteiger partial charge < -0.3 is 10.5 Å². The van der Waals surface area contributed by atoms with E-state index in [1.54, 1.807) is 0 Å². The molecule has 0 aliphatic heterocycles. The van der Waals surface area contributed by atoms with E-state index in [2.05, 4.69) is 25.0 Å². The number of aromatic nitrogens is 2. The first-order valence-corrected chi connectivity index (χ1v) is 7.57. The van der Waals surface area contributed by atoms with Crippen molar-refractivity contribution < 1.29 is 4.74 Å². The monoisotopic (exact) mass is 265 g/mol. The standard InChI is InChI=1S/C15H27N3O/c1-3-13(2)18-10-7-14(17-18)11-19-15(12-16)8-5-4-6-9-15/h7,10,13H,3-6,8-9,11-12,16H2,1-2H3. The van der Waals surface area contributed by atoms with Crippen molar-refractivity contribution in [3.8, 4) is 0 Å². The van der Waals surface area contributed by atoms with Gasteiger partial charge in [-0.05, 0) is 32.3 Å². The minimum absolute atomic E-state index is 0.0988. The van der Waals surface area contributed by atoms with Crippen LogP contribution in [0.1, 0.15) is 64.1 Å². The van der Waals surface area contributed by atoms with Crippen LogP contribution in [0.25, 0.3) is 0 Å². The van der Waals surface area contributed by atoms with E-state index < -0.39 is 0 Å². The summed E-state index contributed by atoms with van der Waals surface area (Å²) in [4.78, 5) is 0. The summed E-state index contributed by atoms with van der Waals surface area (Å²) in [6.45, 7) is 5.56. The summed E-state index contributed by atoms with van der Waals surface area (Å²) in [7, 11) is 0. The van der Waals surface area contributed by atoms with Crippen LogP contribution < -0.4 is 5.73 Å². The third-order valence-corrected chi connectivity index (χ3v) is 4.37. The van der Waals surface area contributed by atoms with Gasteiger partial charge in [0.15, 0.2) is 0 Å². The molecule has 1 fully saturated rings. The van der Waals surface area contributed by atoms with Crippen molar-refractivity contribution in [3.63, 3.8) is 0 Å². The van der Waals surface area contributed by atoms with Crippen LogP contribution >= 0.6 is 0 Å². The van der Waals surface area contributed by atoms with Crippen LogP contribution in [0.3, 0.4) is 0 Å². The van der Waals surface area contributed by atoms with Crippen LogP contribution in [-0.4, -0.2) is 21.9 Å². The average Bonchev–Trinajstić information content (AvgIpc) is 2.94. The SMILES string of the molecule is CCC(C)n1ccc(COC2(CN)CCCCC2)n1. The van der Waals surface area contributed by atoms with Crippen LogP contribution in [0.5, 0.6) is 0 Å². The first-order chi connectivity index (χ1) is 9.19. The lowest BCUT2D eigenvalue weighted by Gasteiger charge is -2.36. The van der Waals surface area contributed by atoms with Crippen LogP contribution in [0.4, 0.5) is 0 Å². The molecule has 108 valence electrons. The highest BCUT2D eigenvalue weighted by Gasteiger charge is 2.31. The summed E-state index contributed by atoms with van der Waals surface area (Å²) in [5, 5.41) is 4.58. The Hall–Kier alpha value is -0.870. The van der Waals surface area contributed by atoms with Gasteiger partial charge in [-0.1, -0.05) is 26.2 Å². The van der Waals surface area contributed by atoms with Crippen molar-refractivity contribution >= 4 is 0 Å². The molecule has 0 radical (unpaired) electrons. The van der Waals surface area contributed by atoms with E-state index in [4.69, 9.17) is 10.5 Å². The molecule has 1 saturated carbocycles. The fourth-order valence-corrected chi connectivity index (χ4v) is 2.72. The Morgan fingerprint density at radius 3 is 2.79 bits per heavy atom. The molecule has 1 aliphatic carbocycles. The predicted octanol–water partition coefficient (Wildman–Crippen LogP) is 3.03. The zero-order chi connectivity index (χ0) is 13.7. The Kier molecular flexibility index (Phi) is 4.99. The number of rotatable bonds is 6. The van der Waals surface area contributed by atoms with Gasteiger partial charge in [-0.25, -0.2) is 0 Å². The predicted molar refractivity (Wildman–Crippen MR) is 76.9 cm³/mol. The molecule has 0 saturated heterocycles. The number of hydrogen-bond donors (Lipinski definition) is 1. The molecule has 1 atom stereocenters. The second-order valence-electron chi connectivity index (χ2n) is 5.78. The molecule has 4 nitrogen and oxygen atoms in total. The molecule has 19 heavy (non-hydrogen) atoms. The molecule has 4 heteroatoms. The average molecular weight is 265 g/mol. The van der Waals surface area contributed by atoms with E-state index in [1.165, 1.54) is 19.3 Å². The van der Waals surface area contributed by atoms with Gasteiger partial charge >= 0.3 is 0 Å². The van der Waals surface area contributed by atoms with Crippen LogP contribution in [-0.2, 0) is 11.3 Å². The maximum Gasteiger partial charge on any atom is 0.0914 e. The number of nitrogens with two attached hydrogens (primary N) is 1. The zero-order valence-electron chi connectivity index (χ0n) is 12.3. The molecule has 1 aromatic rings. The first-order valence-electron chi connectivity index (χ1n) is 7.57. The summed E-state index contributed by atoms with van der Waals surface area (Å²) in [6, 6.07) is 2.51. The number of hydrogen-bond acceptors (Lipinski definition) is 3. The lowest BCUT2D eigenvalue weighted by Crippen LogP contribution is -2.42. The van der Waals surface area contributed by atoms with Crippen LogP contribution in [0, 0.1) is 0 Å². The van der Waals surface area contributed by atoms with E-state index in [0.29, 0.717) is 19.2 Å². The summed E-state index contributed by atoms with van der Waals surface area (Å²) in [6.07, 6.45) is 9.10. The van der Waals surface area contributed by atoms with E-state index in [0.717, 1.165) is 25.0 Å². The normalized spacial score (nSPS) is 20.4. The van der Waals surface area contributed by atoms with Gasteiger partial charge in [-0.15, -0.1) is 0 Å². The quantitative estimate of drug-likeness (QED) is 0.860. The summed E-state index contributed by atoms with van der Waals surface area (Å²) in [5.41, 5.74) is 6.84. The zero-order valence-corrected chi connectivity index (χ0v) is 12.3. The van der Waals surface area contributed by atoms with Gasteiger partial charge in [-0.3, -0.25) is 4.68 Å². The molecule has 2 rings (SSSR count). The van der Waals surface area contributed by atoms with E-state index in [1.807, 2.05) is 10.9 Å². The van der Waals surface area contributed by atoms with Gasteiger partial charge in [-0.2, -0.15) is 5.10 Å². The van der Waals surface area contributed by atoms with Gasteiger partial charge in [0.2, 0.25) is 0 Å². The third kappa shape index (κ3) is 3.57. The highest BCUT2D eigenvalue weighted by atomic mass is 16.5. The molecule has 1 aromatic heterocycles. The molecule has 2 N–H and O–H groups in total. The van der Waals surface area contributed by atoms with E-state index in [9.17, 15) is 0 Å². The highest BCUT2D eigenvalue weighted by Crippen LogP contribution is 2.31. The van der Waals surface area contributed by atoms with Crippen molar-refractivity contribution in [2.24, 2.45) is 5.73 Å². The van der Waals surface area contributed by atoms with Crippen molar-refractivity contribution in [1.29, 1.82) is 0 Å². The first kappa shape index (κ1) is 14.5. The minimum atomic E-state index is -0.0988. The Balaban J connectivity index is 1.92. The summed E-state index contributed by atoms with van der Waals surface area (Å²) in [5.74, 6) is 0. The molecule has 0 amide bonds. The summed E-state index contributed by atoms with van der Waals surface area (Å²) < 4.78 is 8.15. The van der Waals surface area contributed by atoms with Crippen molar-refractivity contribution in [2.75, 3.05) is 6.54 Å². The molecule has 0 spiro atoms. The fraction of sp³-hybridized carbons (Fsp3) is 0.800. The molecule has 1 aliphatic rings. The maximum atomic E-state index is 6.13. The van der Waals surface area contributed by atoms with Crippen molar-refractivity contribution in [3.05, 3.63) is 18.0 Å². The molecule has 1 heterocycles. The minimum Gasteiger partial charge on any atom is -0.367 e. The Labute approximate surface area is 116 Å². The highest BCUT2D eigenvalue weighted by molar-refractivity contribution is 4.99. The Morgan fingerprint density at radius 2 is 2.16 bits per heavy atom. The molecular weight excluding hydrogens is 238 g/mol. The second kappa shape index (κ2) is 6.53. The van der Waals surface area contributed by atoms with Crippen molar-refractivity contribution in [1.82, 2.24) is 9.78 Å². The third-order valence-electron chi connectivity index (χ3n) is 4.37. The van der Waals surface area contributed by atoms with Gasteiger partial charge in [0, 0.05) is 18.8 Å². The van der Waals surface area contributed by atoms with E-state index in [-0.39, 0.29) is 5.60 Å². The smallest absolute Gasteiger partial charge is 0.0914 e. The molecule has 1 unspecified atom stereocenters. The number of nitrogens with zero attached hydrogens (tertiary/aromatic N) is 2. The maximum absolute atomic E-state index is 6.13. The molecular formula is C15H27N3O. The van der Waals surface area contributed by atoms with Crippen LogP contribution in [0.15, 0.2) is 12.3 Å². The van der Waals surface area contributed by atoms with E-state index >= 15 is 0 Å². The molecule has 0 bridgehead atoms.